The van der Waals surface area contributed by atoms with Gasteiger partial charge in [-0.2, -0.15) is 5.10 Å². The molecular formula is C10H9N5S2. The van der Waals surface area contributed by atoms with E-state index in [1.165, 1.54) is 11.3 Å². The van der Waals surface area contributed by atoms with Gasteiger partial charge in [0.05, 0.1) is 11.4 Å². The molecule has 0 bridgehead atoms. The van der Waals surface area contributed by atoms with Gasteiger partial charge in [0.1, 0.15) is 4.64 Å². The minimum Gasteiger partial charge on any atom is -0.289 e. The van der Waals surface area contributed by atoms with Crippen molar-refractivity contribution in [2.45, 2.75) is 0 Å². The highest BCUT2D eigenvalue weighted by molar-refractivity contribution is 7.71. The first-order valence-electron chi connectivity index (χ1n) is 4.96. The van der Waals surface area contributed by atoms with Gasteiger partial charge in [-0.1, -0.05) is 12.2 Å². The van der Waals surface area contributed by atoms with Crippen LogP contribution in [-0.4, -0.2) is 24.5 Å². The quantitative estimate of drug-likeness (QED) is 0.722. The minimum atomic E-state index is 0.705. The summed E-state index contributed by atoms with van der Waals surface area (Å²) >= 11 is 6.84. The first-order chi connectivity index (χ1) is 8.25. The number of aryl methyl sites for hydroxylation is 1. The van der Waals surface area contributed by atoms with Gasteiger partial charge in [0.25, 0.3) is 0 Å². The number of rotatable bonds is 2. The van der Waals surface area contributed by atoms with Crippen LogP contribution in [0.5, 0.6) is 0 Å². The van der Waals surface area contributed by atoms with Gasteiger partial charge < -0.3 is 0 Å². The second kappa shape index (κ2) is 3.94. The summed E-state index contributed by atoms with van der Waals surface area (Å²) in [4.78, 5) is 4.23. The molecule has 0 fully saturated rings. The molecule has 0 saturated carbocycles. The molecule has 0 amide bonds. The summed E-state index contributed by atoms with van der Waals surface area (Å²) in [5.41, 5.74) is 1.93. The molecule has 0 aliphatic rings. The SMILES string of the molecule is Cn1nccc1-c1cc(=S)n(-c2nccs2)[nH]1. The van der Waals surface area contributed by atoms with Crippen molar-refractivity contribution >= 4 is 23.6 Å². The van der Waals surface area contributed by atoms with Crippen molar-refractivity contribution in [1.29, 1.82) is 0 Å². The van der Waals surface area contributed by atoms with Crippen LogP contribution in [0, 0.1) is 4.64 Å². The smallest absolute Gasteiger partial charge is 0.209 e. The molecule has 7 heteroatoms. The lowest BCUT2D eigenvalue weighted by molar-refractivity contribution is 0.768. The van der Waals surface area contributed by atoms with E-state index in [2.05, 4.69) is 15.2 Å². The topological polar surface area (TPSA) is 51.4 Å². The highest BCUT2D eigenvalue weighted by atomic mass is 32.1. The molecule has 3 aromatic heterocycles. The molecular weight excluding hydrogens is 254 g/mol. The molecule has 0 radical (unpaired) electrons. The van der Waals surface area contributed by atoms with Crippen molar-refractivity contribution in [1.82, 2.24) is 24.5 Å². The molecule has 0 saturated heterocycles. The summed E-state index contributed by atoms with van der Waals surface area (Å²) in [7, 11) is 1.90. The highest BCUT2D eigenvalue weighted by Gasteiger charge is 2.08. The van der Waals surface area contributed by atoms with Gasteiger partial charge in [0, 0.05) is 30.9 Å². The third-order valence-corrected chi connectivity index (χ3v) is 3.48. The molecule has 17 heavy (non-hydrogen) atoms. The lowest BCUT2D eigenvalue weighted by Crippen LogP contribution is -1.97. The number of nitrogens with zero attached hydrogens (tertiary/aromatic N) is 4. The number of aromatic amines is 1. The van der Waals surface area contributed by atoms with Crippen LogP contribution in [-0.2, 0) is 7.05 Å². The van der Waals surface area contributed by atoms with E-state index in [4.69, 9.17) is 12.2 Å². The lowest BCUT2D eigenvalue weighted by atomic mass is 10.3. The molecule has 0 unspecified atom stereocenters. The van der Waals surface area contributed by atoms with E-state index in [1.54, 1.807) is 21.8 Å². The first kappa shape index (κ1) is 10.4. The van der Waals surface area contributed by atoms with Gasteiger partial charge in [-0.3, -0.25) is 9.78 Å². The van der Waals surface area contributed by atoms with E-state index in [0.29, 0.717) is 4.64 Å². The van der Waals surface area contributed by atoms with Crippen LogP contribution in [0.3, 0.4) is 0 Å². The van der Waals surface area contributed by atoms with E-state index < -0.39 is 0 Å². The molecule has 0 aromatic carbocycles. The predicted molar refractivity (Wildman–Crippen MR) is 68.8 cm³/mol. The molecule has 0 aliphatic heterocycles. The van der Waals surface area contributed by atoms with Crippen molar-refractivity contribution in [3.63, 3.8) is 0 Å². The van der Waals surface area contributed by atoms with E-state index in [-0.39, 0.29) is 0 Å². The zero-order chi connectivity index (χ0) is 11.8. The fraction of sp³-hybridized carbons (Fsp3) is 0.100. The molecule has 3 aromatic rings. The van der Waals surface area contributed by atoms with Gasteiger partial charge >= 0.3 is 0 Å². The Morgan fingerprint density at radius 2 is 2.29 bits per heavy atom. The molecule has 5 nitrogen and oxygen atoms in total. The van der Waals surface area contributed by atoms with E-state index >= 15 is 0 Å². The summed E-state index contributed by atoms with van der Waals surface area (Å²) in [6.45, 7) is 0. The fourth-order valence-corrected chi connectivity index (χ4v) is 2.56. The number of H-pyrrole nitrogens is 1. The maximum absolute atomic E-state index is 5.31. The lowest BCUT2D eigenvalue weighted by Gasteiger charge is -1.99. The largest absolute Gasteiger partial charge is 0.289 e. The maximum atomic E-state index is 5.31. The first-order valence-corrected chi connectivity index (χ1v) is 6.25. The number of aromatic nitrogens is 5. The molecule has 3 heterocycles. The van der Waals surface area contributed by atoms with Crippen LogP contribution in [0.25, 0.3) is 16.5 Å². The van der Waals surface area contributed by atoms with Crippen LogP contribution >= 0.6 is 23.6 Å². The van der Waals surface area contributed by atoms with Crippen LogP contribution < -0.4 is 0 Å². The van der Waals surface area contributed by atoms with Crippen LogP contribution in [0.4, 0.5) is 0 Å². The zero-order valence-corrected chi connectivity index (χ0v) is 10.6. The fourth-order valence-electron chi connectivity index (χ4n) is 1.63. The highest BCUT2D eigenvalue weighted by Crippen LogP contribution is 2.19. The Kier molecular flexibility index (Phi) is 2.41. The van der Waals surface area contributed by atoms with Crippen molar-refractivity contribution in [3.05, 3.63) is 34.5 Å². The van der Waals surface area contributed by atoms with Gasteiger partial charge in [0.15, 0.2) is 0 Å². The molecule has 0 spiro atoms. The third-order valence-electron chi connectivity index (χ3n) is 2.43. The van der Waals surface area contributed by atoms with Gasteiger partial charge in [-0.05, 0) is 6.07 Å². The van der Waals surface area contributed by atoms with Crippen molar-refractivity contribution in [2.24, 2.45) is 7.05 Å². The molecule has 86 valence electrons. The normalized spacial score (nSPS) is 10.9. The standard InChI is InChI=1S/C10H9N5S2/c1-14-8(2-3-12-14)7-6-9(16)15(13-7)10-11-4-5-17-10/h2-6,13H,1H3. The average Bonchev–Trinajstić information content (AvgIpc) is 2.97. The number of hydrogen-bond acceptors (Lipinski definition) is 4. The Morgan fingerprint density at radius 3 is 2.94 bits per heavy atom. The van der Waals surface area contributed by atoms with Crippen LogP contribution in [0.1, 0.15) is 0 Å². The summed E-state index contributed by atoms with van der Waals surface area (Å²) < 4.78 is 4.30. The molecule has 1 N–H and O–H groups in total. The predicted octanol–water partition coefficient (Wildman–Crippen LogP) is 2.39. The second-order valence-electron chi connectivity index (χ2n) is 3.50. The second-order valence-corrected chi connectivity index (χ2v) is 4.79. The van der Waals surface area contributed by atoms with Crippen LogP contribution in [0.2, 0.25) is 0 Å². The number of hydrogen-bond donors (Lipinski definition) is 1. The summed E-state index contributed by atoms with van der Waals surface area (Å²) in [5, 5.41) is 10.1. The van der Waals surface area contributed by atoms with E-state index in [1.807, 2.05) is 24.6 Å². The summed E-state index contributed by atoms with van der Waals surface area (Å²) in [6.07, 6.45) is 3.51. The van der Waals surface area contributed by atoms with Gasteiger partial charge in [-0.25, -0.2) is 9.67 Å². The average molecular weight is 263 g/mol. The number of nitrogens with one attached hydrogen (secondary N) is 1. The minimum absolute atomic E-state index is 0.705. The molecule has 0 atom stereocenters. The monoisotopic (exact) mass is 263 g/mol. The Balaban J connectivity index is 2.14. The third kappa shape index (κ3) is 1.73. The Bertz CT molecular complexity index is 688. The van der Waals surface area contributed by atoms with Crippen molar-refractivity contribution < 1.29 is 0 Å². The Labute approximate surface area is 106 Å². The van der Waals surface area contributed by atoms with Gasteiger partial charge in [0.2, 0.25) is 5.13 Å². The van der Waals surface area contributed by atoms with Crippen molar-refractivity contribution in [2.75, 3.05) is 0 Å². The Morgan fingerprint density at radius 1 is 1.41 bits per heavy atom. The van der Waals surface area contributed by atoms with Crippen LogP contribution in [0.15, 0.2) is 29.9 Å². The van der Waals surface area contributed by atoms with E-state index in [0.717, 1.165) is 16.5 Å². The van der Waals surface area contributed by atoms with E-state index in [9.17, 15) is 0 Å². The number of thiazole rings is 1. The Hall–Kier alpha value is -1.73. The van der Waals surface area contributed by atoms with Crippen molar-refractivity contribution in [3.8, 4) is 16.5 Å². The maximum Gasteiger partial charge on any atom is 0.209 e. The molecule has 3 rings (SSSR count). The summed E-state index contributed by atoms with van der Waals surface area (Å²) in [5.74, 6) is 0. The zero-order valence-electron chi connectivity index (χ0n) is 8.99. The molecule has 0 aliphatic carbocycles. The summed E-state index contributed by atoms with van der Waals surface area (Å²) in [6, 6.07) is 3.85. The van der Waals surface area contributed by atoms with Gasteiger partial charge in [-0.15, -0.1) is 11.3 Å².